The van der Waals surface area contributed by atoms with Gasteiger partial charge in [-0.2, -0.15) is 5.10 Å². The highest BCUT2D eigenvalue weighted by molar-refractivity contribution is 4.77. The van der Waals surface area contributed by atoms with Gasteiger partial charge in [-0.1, -0.05) is 6.42 Å². The van der Waals surface area contributed by atoms with Gasteiger partial charge in [0.15, 0.2) is 0 Å². The second-order valence-electron chi connectivity index (χ2n) is 5.75. The van der Waals surface area contributed by atoms with Crippen LogP contribution in [0.2, 0.25) is 0 Å². The number of nitrogens with zero attached hydrogens (tertiary/aromatic N) is 3. The molecule has 1 fully saturated rings. The van der Waals surface area contributed by atoms with Crippen molar-refractivity contribution in [3.05, 3.63) is 18.5 Å². The lowest BCUT2D eigenvalue weighted by molar-refractivity contribution is 0.0713. The van der Waals surface area contributed by atoms with Gasteiger partial charge in [0, 0.05) is 18.9 Å². The van der Waals surface area contributed by atoms with Gasteiger partial charge in [-0.05, 0) is 64.2 Å². The van der Waals surface area contributed by atoms with Crippen LogP contribution < -0.4 is 0 Å². The lowest BCUT2D eigenvalue weighted by Gasteiger charge is -2.33. The Morgan fingerprint density at radius 2 is 1.95 bits per heavy atom. The first-order valence-electron chi connectivity index (χ1n) is 7.63. The van der Waals surface area contributed by atoms with Crippen LogP contribution >= 0.6 is 0 Å². The van der Waals surface area contributed by atoms with Crippen LogP contribution in [0, 0.1) is 5.92 Å². The highest BCUT2D eigenvalue weighted by Crippen LogP contribution is 2.20. The second kappa shape index (κ2) is 7.65. The zero-order chi connectivity index (χ0) is 13.5. The smallest absolute Gasteiger partial charge is 0.0541 e. The van der Waals surface area contributed by atoms with E-state index in [1.54, 1.807) is 0 Å². The molecule has 0 bridgehead atoms. The topological polar surface area (TPSA) is 41.3 Å². The van der Waals surface area contributed by atoms with Crippen molar-refractivity contribution in [2.75, 3.05) is 19.6 Å². The molecule has 1 N–H and O–H groups in total. The minimum atomic E-state index is -0.128. The number of aromatic nitrogens is 2. The SMILES string of the molecule is CC(O)C1CCN(CCCCCn2cccn2)CC1. The van der Waals surface area contributed by atoms with Gasteiger partial charge in [0.1, 0.15) is 0 Å². The molecule has 0 aliphatic carbocycles. The van der Waals surface area contributed by atoms with E-state index >= 15 is 0 Å². The van der Waals surface area contributed by atoms with E-state index in [0.29, 0.717) is 5.92 Å². The average molecular weight is 265 g/mol. The summed E-state index contributed by atoms with van der Waals surface area (Å²) in [4.78, 5) is 2.55. The first kappa shape index (κ1) is 14.5. The minimum Gasteiger partial charge on any atom is -0.393 e. The Kier molecular flexibility index (Phi) is 5.86. The van der Waals surface area contributed by atoms with Gasteiger partial charge in [0.2, 0.25) is 0 Å². The van der Waals surface area contributed by atoms with E-state index in [1.807, 2.05) is 30.1 Å². The third-order valence-electron chi connectivity index (χ3n) is 4.24. The summed E-state index contributed by atoms with van der Waals surface area (Å²) in [6.45, 7) is 6.50. The van der Waals surface area contributed by atoms with E-state index in [2.05, 4.69) is 10.00 Å². The third kappa shape index (κ3) is 4.96. The van der Waals surface area contributed by atoms with Gasteiger partial charge in [0.05, 0.1) is 6.10 Å². The summed E-state index contributed by atoms with van der Waals surface area (Å²) in [5.74, 6) is 0.524. The van der Waals surface area contributed by atoms with E-state index in [9.17, 15) is 5.11 Å². The molecule has 1 atom stereocenters. The predicted octanol–water partition coefficient (Wildman–Crippen LogP) is 2.15. The Morgan fingerprint density at radius 3 is 2.58 bits per heavy atom. The molecule has 0 radical (unpaired) electrons. The van der Waals surface area contributed by atoms with Crippen LogP contribution in [0.15, 0.2) is 18.5 Å². The van der Waals surface area contributed by atoms with Crippen molar-refractivity contribution < 1.29 is 5.11 Å². The lowest BCUT2D eigenvalue weighted by Crippen LogP contribution is -2.37. The molecule has 1 aromatic rings. The van der Waals surface area contributed by atoms with Gasteiger partial charge in [0.25, 0.3) is 0 Å². The number of rotatable bonds is 7. The maximum atomic E-state index is 9.57. The normalized spacial score (nSPS) is 19.7. The van der Waals surface area contributed by atoms with Gasteiger partial charge in [-0.3, -0.25) is 4.68 Å². The molecule has 2 heterocycles. The number of hydrogen-bond donors (Lipinski definition) is 1. The van der Waals surface area contributed by atoms with Crippen LogP contribution in [0.3, 0.4) is 0 Å². The predicted molar refractivity (Wildman–Crippen MR) is 76.9 cm³/mol. The highest BCUT2D eigenvalue weighted by atomic mass is 16.3. The van der Waals surface area contributed by atoms with Crippen molar-refractivity contribution in [3.63, 3.8) is 0 Å². The highest BCUT2D eigenvalue weighted by Gasteiger charge is 2.21. The molecular formula is C15H27N3O. The van der Waals surface area contributed by atoms with E-state index in [1.165, 1.54) is 25.8 Å². The van der Waals surface area contributed by atoms with Gasteiger partial charge < -0.3 is 10.0 Å². The summed E-state index contributed by atoms with van der Waals surface area (Å²) in [6.07, 6.45) is 9.82. The van der Waals surface area contributed by atoms with Crippen molar-refractivity contribution in [1.82, 2.24) is 14.7 Å². The van der Waals surface area contributed by atoms with E-state index < -0.39 is 0 Å². The summed E-state index contributed by atoms with van der Waals surface area (Å²) in [7, 11) is 0. The molecule has 108 valence electrons. The van der Waals surface area contributed by atoms with Gasteiger partial charge in [-0.15, -0.1) is 0 Å². The van der Waals surface area contributed by atoms with Crippen molar-refractivity contribution in [2.24, 2.45) is 5.92 Å². The van der Waals surface area contributed by atoms with Crippen molar-refractivity contribution in [1.29, 1.82) is 0 Å². The number of hydrogen-bond acceptors (Lipinski definition) is 3. The molecule has 2 rings (SSSR count). The Balaban J connectivity index is 1.50. The third-order valence-corrected chi connectivity index (χ3v) is 4.24. The summed E-state index contributed by atoms with van der Waals surface area (Å²) in [5.41, 5.74) is 0. The van der Waals surface area contributed by atoms with E-state index in [-0.39, 0.29) is 6.10 Å². The molecule has 0 saturated carbocycles. The number of likely N-dealkylation sites (tertiary alicyclic amines) is 1. The molecule has 4 heteroatoms. The van der Waals surface area contributed by atoms with Crippen LogP contribution in [0.1, 0.15) is 39.0 Å². The lowest BCUT2D eigenvalue weighted by atomic mass is 9.92. The maximum absolute atomic E-state index is 9.57. The second-order valence-corrected chi connectivity index (χ2v) is 5.75. The standard InChI is InChI=1S/C15H27N3O/c1-14(19)15-6-12-17(13-7-15)9-3-2-4-10-18-11-5-8-16-18/h5,8,11,14-15,19H,2-4,6-7,9-10,12-13H2,1H3. The molecule has 1 aromatic heterocycles. The molecule has 1 aliphatic heterocycles. The molecule has 1 saturated heterocycles. The summed E-state index contributed by atoms with van der Waals surface area (Å²) >= 11 is 0. The Bertz CT molecular complexity index is 329. The molecule has 0 amide bonds. The van der Waals surface area contributed by atoms with Gasteiger partial charge >= 0.3 is 0 Å². The van der Waals surface area contributed by atoms with Crippen molar-refractivity contribution in [3.8, 4) is 0 Å². The number of aliphatic hydroxyl groups excluding tert-OH is 1. The number of aliphatic hydroxyl groups is 1. The van der Waals surface area contributed by atoms with Crippen LogP contribution in [-0.4, -0.2) is 45.5 Å². The largest absolute Gasteiger partial charge is 0.393 e. The molecular weight excluding hydrogens is 238 g/mol. The Morgan fingerprint density at radius 1 is 1.21 bits per heavy atom. The molecule has 0 spiro atoms. The summed E-state index contributed by atoms with van der Waals surface area (Å²) in [6, 6.07) is 1.98. The first-order valence-corrected chi connectivity index (χ1v) is 7.63. The zero-order valence-corrected chi connectivity index (χ0v) is 12.0. The summed E-state index contributed by atoms with van der Waals surface area (Å²) in [5, 5.41) is 13.8. The Labute approximate surface area is 116 Å². The monoisotopic (exact) mass is 265 g/mol. The minimum absolute atomic E-state index is 0.128. The van der Waals surface area contributed by atoms with E-state index in [4.69, 9.17) is 0 Å². The van der Waals surface area contributed by atoms with Crippen LogP contribution in [-0.2, 0) is 6.54 Å². The average Bonchev–Trinajstić information content (AvgIpc) is 2.92. The van der Waals surface area contributed by atoms with Crippen LogP contribution in [0.25, 0.3) is 0 Å². The number of piperidine rings is 1. The molecule has 1 aliphatic rings. The number of unbranched alkanes of at least 4 members (excludes halogenated alkanes) is 2. The summed E-state index contributed by atoms with van der Waals surface area (Å²) < 4.78 is 2.01. The van der Waals surface area contributed by atoms with E-state index in [0.717, 1.165) is 32.5 Å². The first-order chi connectivity index (χ1) is 9.25. The van der Waals surface area contributed by atoms with Gasteiger partial charge in [-0.25, -0.2) is 0 Å². The zero-order valence-electron chi connectivity index (χ0n) is 12.0. The van der Waals surface area contributed by atoms with Crippen LogP contribution in [0.5, 0.6) is 0 Å². The quantitative estimate of drug-likeness (QED) is 0.768. The molecule has 4 nitrogen and oxygen atoms in total. The fraction of sp³-hybridized carbons (Fsp3) is 0.800. The fourth-order valence-electron chi connectivity index (χ4n) is 2.88. The fourth-order valence-corrected chi connectivity index (χ4v) is 2.88. The molecule has 0 aromatic carbocycles. The number of aryl methyl sites for hydroxylation is 1. The van der Waals surface area contributed by atoms with Crippen LogP contribution in [0.4, 0.5) is 0 Å². The molecule has 19 heavy (non-hydrogen) atoms. The van der Waals surface area contributed by atoms with Crippen molar-refractivity contribution >= 4 is 0 Å². The Hall–Kier alpha value is -0.870. The molecule has 1 unspecified atom stereocenters. The van der Waals surface area contributed by atoms with Crippen molar-refractivity contribution in [2.45, 2.75) is 51.7 Å². The maximum Gasteiger partial charge on any atom is 0.0541 e.